The average Bonchev–Trinajstić information content (AvgIpc) is 2.13. The fourth-order valence-corrected chi connectivity index (χ4v) is 4.21. The minimum absolute atomic E-state index is 0.329. The van der Waals surface area contributed by atoms with E-state index in [-0.39, 0.29) is 0 Å². The van der Waals surface area contributed by atoms with E-state index in [1.54, 1.807) is 0 Å². The van der Waals surface area contributed by atoms with Crippen LogP contribution in [0, 0.1) is 11.3 Å². The summed E-state index contributed by atoms with van der Waals surface area (Å²) < 4.78 is 0. The lowest BCUT2D eigenvalue weighted by Gasteiger charge is -2.52. The van der Waals surface area contributed by atoms with E-state index in [0.29, 0.717) is 11.0 Å². The molecule has 0 amide bonds. The summed E-state index contributed by atoms with van der Waals surface area (Å²) in [7, 11) is 0. The summed E-state index contributed by atoms with van der Waals surface area (Å²) in [4.78, 5) is 2.78. The van der Waals surface area contributed by atoms with Crippen molar-refractivity contribution in [2.45, 2.75) is 65.5 Å². The zero-order valence-corrected chi connectivity index (χ0v) is 12.3. The number of rotatable bonds is 1. The molecule has 1 N–H and O–H groups in total. The monoisotopic (exact) mass is 238 g/mol. The first-order valence-corrected chi connectivity index (χ1v) is 7.28. The summed E-state index contributed by atoms with van der Waals surface area (Å²) in [5.41, 5.74) is 0.860. The van der Waals surface area contributed by atoms with Crippen molar-refractivity contribution in [1.82, 2.24) is 10.2 Å². The molecule has 100 valence electrons. The Morgan fingerprint density at radius 1 is 1.12 bits per heavy atom. The molecule has 0 spiro atoms. The van der Waals surface area contributed by atoms with Gasteiger partial charge < -0.3 is 5.32 Å². The Labute approximate surface area is 107 Å². The van der Waals surface area contributed by atoms with Gasteiger partial charge in [-0.05, 0) is 44.4 Å². The quantitative estimate of drug-likeness (QED) is 0.755. The summed E-state index contributed by atoms with van der Waals surface area (Å²) in [6.45, 7) is 15.6. The lowest BCUT2D eigenvalue weighted by Crippen LogP contribution is -2.62. The van der Waals surface area contributed by atoms with Gasteiger partial charge in [0.1, 0.15) is 0 Å². The van der Waals surface area contributed by atoms with Crippen LogP contribution >= 0.6 is 0 Å². The van der Waals surface area contributed by atoms with Crippen LogP contribution in [-0.2, 0) is 0 Å². The maximum atomic E-state index is 3.53. The Morgan fingerprint density at radius 3 is 2.41 bits per heavy atom. The second-order valence-electron chi connectivity index (χ2n) is 7.75. The Hall–Kier alpha value is -0.0800. The van der Waals surface area contributed by atoms with E-state index in [4.69, 9.17) is 0 Å². The Bertz CT molecular complexity index is 270. The molecule has 2 rings (SSSR count). The molecule has 0 aromatic heterocycles. The van der Waals surface area contributed by atoms with Gasteiger partial charge in [-0.2, -0.15) is 0 Å². The van der Waals surface area contributed by atoms with Crippen LogP contribution in [0.25, 0.3) is 0 Å². The van der Waals surface area contributed by atoms with Crippen LogP contribution in [0.4, 0.5) is 0 Å². The smallest absolute Gasteiger partial charge is 0.0281 e. The molecule has 0 aromatic carbocycles. The van der Waals surface area contributed by atoms with Gasteiger partial charge in [-0.1, -0.05) is 20.8 Å². The van der Waals surface area contributed by atoms with E-state index in [0.717, 1.165) is 25.0 Å². The third kappa shape index (κ3) is 3.03. The summed E-state index contributed by atoms with van der Waals surface area (Å²) in [6, 6.07) is 0.797. The van der Waals surface area contributed by atoms with Gasteiger partial charge in [0.05, 0.1) is 0 Å². The fourth-order valence-electron chi connectivity index (χ4n) is 4.21. The van der Waals surface area contributed by atoms with Gasteiger partial charge in [0, 0.05) is 31.2 Å². The van der Waals surface area contributed by atoms with Crippen molar-refractivity contribution in [3.8, 4) is 0 Å². The van der Waals surface area contributed by atoms with Gasteiger partial charge in [-0.15, -0.1) is 0 Å². The molecule has 0 aromatic rings. The van der Waals surface area contributed by atoms with Gasteiger partial charge in [-0.3, -0.25) is 4.90 Å². The fraction of sp³-hybridized carbons (Fsp3) is 1.00. The number of hydrogen-bond donors (Lipinski definition) is 1. The molecule has 2 aliphatic rings. The molecule has 1 saturated heterocycles. The highest BCUT2D eigenvalue weighted by Gasteiger charge is 2.40. The Balaban J connectivity index is 2.10. The summed E-state index contributed by atoms with van der Waals surface area (Å²) in [5, 5.41) is 3.53. The molecule has 2 atom stereocenters. The highest BCUT2D eigenvalue weighted by atomic mass is 15.3. The van der Waals surface area contributed by atoms with Crippen LogP contribution in [0.5, 0.6) is 0 Å². The Kier molecular flexibility index (Phi) is 3.57. The lowest BCUT2D eigenvalue weighted by atomic mass is 9.69. The van der Waals surface area contributed by atoms with E-state index < -0.39 is 0 Å². The first kappa shape index (κ1) is 13.4. The van der Waals surface area contributed by atoms with E-state index in [1.807, 2.05) is 0 Å². The zero-order chi connectivity index (χ0) is 12.7. The largest absolute Gasteiger partial charge is 0.314 e. The van der Waals surface area contributed by atoms with E-state index in [9.17, 15) is 0 Å². The molecule has 1 heterocycles. The maximum absolute atomic E-state index is 3.53. The molecule has 2 fully saturated rings. The topological polar surface area (TPSA) is 15.3 Å². The van der Waals surface area contributed by atoms with E-state index in [2.05, 4.69) is 44.8 Å². The van der Waals surface area contributed by atoms with E-state index >= 15 is 0 Å². The standard InChI is InChI=1S/C15H30N2/c1-12-8-13(10-14(2,3)9-12)17-7-6-16-11-15(17,4)5/h12-13,16H,6-11H2,1-5H3. The third-order valence-electron chi connectivity index (χ3n) is 4.67. The van der Waals surface area contributed by atoms with Crippen LogP contribution in [0.2, 0.25) is 0 Å². The lowest BCUT2D eigenvalue weighted by molar-refractivity contribution is -0.00921. The van der Waals surface area contributed by atoms with Gasteiger partial charge in [0.25, 0.3) is 0 Å². The molecule has 2 nitrogen and oxygen atoms in total. The Morgan fingerprint density at radius 2 is 1.82 bits per heavy atom. The molecule has 1 aliphatic heterocycles. The number of nitrogens with one attached hydrogen (secondary N) is 1. The van der Waals surface area contributed by atoms with Crippen LogP contribution in [0.15, 0.2) is 0 Å². The van der Waals surface area contributed by atoms with Crippen LogP contribution in [-0.4, -0.2) is 36.1 Å². The van der Waals surface area contributed by atoms with Crippen molar-refractivity contribution in [2.24, 2.45) is 11.3 Å². The van der Waals surface area contributed by atoms with Gasteiger partial charge >= 0.3 is 0 Å². The first-order chi connectivity index (χ1) is 7.80. The van der Waals surface area contributed by atoms with Gasteiger partial charge in [-0.25, -0.2) is 0 Å². The average molecular weight is 238 g/mol. The van der Waals surface area contributed by atoms with Crippen molar-refractivity contribution < 1.29 is 0 Å². The molecule has 0 radical (unpaired) electrons. The molecule has 0 bridgehead atoms. The zero-order valence-electron chi connectivity index (χ0n) is 12.3. The van der Waals surface area contributed by atoms with Crippen molar-refractivity contribution in [2.75, 3.05) is 19.6 Å². The van der Waals surface area contributed by atoms with Crippen molar-refractivity contribution in [3.63, 3.8) is 0 Å². The minimum atomic E-state index is 0.329. The molecular formula is C15H30N2. The predicted octanol–water partition coefficient (Wildman–Crippen LogP) is 2.89. The van der Waals surface area contributed by atoms with Crippen LogP contribution in [0.1, 0.15) is 53.9 Å². The third-order valence-corrected chi connectivity index (χ3v) is 4.67. The molecule has 2 heteroatoms. The number of piperazine rings is 1. The van der Waals surface area contributed by atoms with E-state index in [1.165, 1.54) is 25.8 Å². The second-order valence-corrected chi connectivity index (χ2v) is 7.75. The second kappa shape index (κ2) is 4.55. The summed E-state index contributed by atoms with van der Waals surface area (Å²) in [6.07, 6.45) is 4.17. The van der Waals surface area contributed by atoms with Crippen molar-refractivity contribution >= 4 is 0 Å². The van der Waals surface area contributed by atoms with Gasteiger partial charge in [0.2, 0.25) is 0 Å². The van der Waals surface area contributed by atoms with Crippen LogP contribution in [0.3, 0.4) is 0 Å². The molecule has 1 saturated carbocycles. The SMILES string of the molecule is CC1CC(N2CCNCC2(C)C)CC(C)(C)C1. The molecular weight excluding hydrogens is 208 g/mol. The minimum Gasteiger partial charge on any atom is -0.314 e. The van der Waals surface area contributed by atoms with Crippen molar-refractivity contribution in [3.05, 3.63) is 0 Å². The number of nitrogens with zero attached hydrogens (tertiary/aromatic N) is 1. The number of hydrogen-bond acceptors (Lipinski definition) is 2. The normalized spacial score (nSPS) is 37.9. The molecule has 1 aliphatic carbocycles. The van der Waals surface area contributed by atoms with Gasteiger partial charge in [0.15, 0.2) is 0 Å². The maximum Gasteiger partial charge on any atom is 0.0281 e. The molecule has 2 unspecified atom stereocenters. The highest BCUT2D eigenvalue weighted by Crippen LogP contribution is 2.42. The summed E-state index contributed by atoms with van der Waals surface area (Å²) >= 11 is 0. The first-order valence-electron chi connectivity index (χ1n) is 7.28. The van der Waals surface area contributed by atoms with Crippen LogP contribution < -0.4 is 5.32 Å². The highest BCUT2D eigenvalue weighted by molar-refractivity contribution is 4.96. The summed E-state index contributed by atoms with van der Waals surface area (Å²) in [5.74, 6) is 0.884. The predicted molar refractivity (Wildman–Crippen MR) is 74.2 cm³/mol. The van der Waals surface area contributed by atoms with Crippen molar-refractivity contribution in [1.29, 1.82) is 0 Å². The molecule has 17 heavy (non-hydrogen) atoms.